The quantitative estimate of drug-likeness (QED) is 0.551. The van der Waals surface area contributed by atoms with Gasteiger partial charge in [0.25, 0.3) is 11.5 Å². The fourth-order valence-electron chi connectivity index (χ4n) is 4.39. The fourth-order valence-corrected chi connectivity index (χ4v) is 4.39. The maximum Gasteiger partial charge on any atom is 0.257 e. The Kier molecular flexibility index (Phi) is 7.37. The van der Waals surface area contributed by atoms with E-state index >= 15 is 0 Å². The van der Waals surface area contributed by atoms with Gasteiger partial charge in [-0.1, -0.05) is 25.1 Å². The summed E-state index contributed by atoms with van der Waals surface area (Å²) in [6, 6.07) is 12.9. The third-order valence-corrected chi connectivity index (χ3v) is 6.21. The van der Waals surface area contributed by atoms with Gasteiger partial charge in [0.05, 0.1) is 20.8 Å². The molecular weight excluding hydrogens is 434 g/mol. The van der Waals surface area contributed by atoms with Crippen molar-refractivity contribution in [2.75, 3.05) is 27.3 Å². The molecule has 0 spiro atoms. The highest BCUT2D eigenvalue weighted by Gasteiger charge is 2.25. The summed E-state index contributed by atoms with van der Waals surface area (Å²) in [6.45, 7) is 4.90. The molecule has 8 heteroatoms. The van der Waals surface area contributed by atoms with Crippen LogP contribution in [0.15, 0.2) is 51.7 Å². The number of amides is 1. The smallest absolute Gasteiger partial charge is 0.257 e. The van der Waals surface area contributed by atoms with Crippen molar-refractivity contribution < 1.29 is 18.7 Å². The van der Waals surface area contributed by atoms with Crippen LogP contribution in [0.1, 0.15) is 40.1 Å². The summed E-state index contributed by atoms with van der Waals surface area (Å²) in [4.78, 5) is 28.4. The van der Waals surface area contributed by atoms with Crippen LogP contribution in [0.5, 0.6) is 11.5 Å². The van der Waals surface area contributed by atoms with Crippen LogP contribution in [0.4, 0.5) is 0 Å². The zero-order chi connectivity index (χ0) is 24.1. The number of fused-ring (bicyclic) bond motifs is 1. The van der Waals surface area contributed by atoms with E-state index in [9.17, 15) is 9.59 Å². The Bertz CT molecular complexity index is 1210. The van der Waals surface area contributed by atoms with E-state index in [1.54, 1.807) is 11.7 Å². The van der Waals surface area contributed by atoms with Gasteiger partial charge >= 0.3 is 0 Å². The van der Waals surface area contributed by atoms with Crippen LogP contribution in [0.25, 0.3) is 0 Å². The van der Waals surface area contributed by atoms with E-state index in [1.165, 1.54) is 13.2 Å². The number of carbonyl (C=O) groups excluding carboxylic acids is 1. The number of nitrogens with one attached hydrogen (secondary N) is 1. The minimum atomic E-state index is -0.279. The molecule has 3 heterocycles. The van der Waals surface area contributed by atoms with Crippen molar-refractivity contribution in [3.63, 3.8) is 0 Å². The molecule has 8 nitrogen and oxygen atoms in total. The first kappa shape index (κ1) is 23.6. The van der Waals surface area contributed by atoms with Gasteiger partial charge < -0.3 is 23.8 Å². The Balaban J connectivity index is 1.56. The van der Waals surface area contributed by atoms with E-state index in [1.807, 2.05) is 36.4 Å². The van der Waals surface area contributed by atoms with E-state index in [4.69, 9.17) is 13.9 Å². The lowest BCUT2D eigenvalue weighted by atomic mass is 10.1. The number of methoxy groups -OCH3 is 2. The summed E-state index contributed by atoms with van der Waals surface area (Å²) in [5.41, 5.74) is 1.80. The molecule has 0 aliphatic carbocycles. The molecule has 1 amide bonds. The number of para-hydroxylation sites is 1. The van der Waals surface area contributed by atoms with Crippen molar-refractivity contribution in [1.29, 1.82) is 0 Å². The average Bonchev–Trinajstić information content (AvgIpc) is 3.21. The van der Waals surface area contributed by atoms with Crippen LogP contribution >= 0.6 is 0 Å². The summed E-state index contributed by atoms with van der Waals surface area (Å²) in [6.07, 6.45) is 1.40. The topological polar surface area (TPSA) is 85.9 Å². The normalized spacial score (nSPS) is 13.7. The van der Waals surface area contributed by atoms with Crippen molar-refractivity contribution in [3.05, 3.63) is 81.2 Å². The van der Waals surface area contributed by atoms with Crippen molar-refractivity contribution >= 4 is 5.91 Å². The molecular formula is C26H31N3O5. The molecule has 0 saturated carbocycles. The summed E-state index contributed by atoms with van der Waals surface area (Å²) >= 11 is 0. The lowest BCUT2D eigenvalue weighted by Gasteiger charge is -2.17. The highest BCUT2D eigenvalue weighted by atomic mass is 16.5. The van der Waals surface area contributed by atoms with Crippen LogP contribution in [-0.2, 0) is 32.5 Å². The van der Waals surface area contributed by atoms with Gasteiger partial charge in [-0.3, -0.25) is 14.5 Å². The predicted octanol–water partition coefficient (Wildman–Crippen LogP) is 3.01. The Morgan fingerprint density at radius 1 is 1.03 bits per heavy atom. The third-order valence-electron chi connectivity index (χ3n) is 6.21. The van der Waals surface area contributed by atoms with Crippen molar-refractivity contribution in [1.82, 2.24) is 14.8 Å². The number of ether oxygens (including phenoxy) is 2. The van der Waals surface area contributed by atoms with Gasteiger partial charge in [-0.15, -0.1) is 0 Å². The number of hydrogen-bond acceptors (Lipinski definition) is 6. The Morgan fingerprint density at radius 3 is 2.53 bits per heavy atom. The molecule has 0 saturated heterocycles. The third kappa shape index (κ3) is 5.02. The molecule has 2 aromatic heterocycles. The number of aromatic nitrogens is 1. The molecule has 1 aromatic carbocycles. The van der Waals surface area contributed by atoms with Gasteiger partial charge in [0.15, 0.2) is 0 Å². The molecule has 3 aromatic rings. The van der Waals surface area contributed by atoms with Crippen LogP contribution in [0.2, 0.25) is 0 Å². The first-order valence-electron chi connectivity index (χ1n) is 11.5. The van der Waals surface area contributed by atoms with Gasteiger partial charge in [-0.2, -0.15) is 0 Å². The first-order valence-corrected chi connectivity index (χ1v) is 11.5. The second kappa shape index (κ2) is 10.6. The Hall–Kier alpha value is -3.52. The maximum atomic E-state index is 13.3. The van der Waals surface area contributed by atoms with Gasteiger partial charge in [0.1, 0.15) is 28.6 Å². The largest absolute Gasteiger partial charge is 0.496 e. The van der Waals surface area contributed by atoms with Gasteiger partial charge in [0.2, 0.25) is 0 Å². The number of benzene rings is 1. The molecule has 1 aliphatic heterocycles. The second-order valence-electron chi connectivity index (χ2n) is 8.27. The molecule has 0 radical (unpaired) electrons. The molecule has 1 N–H and O–H groups in total. The molecule has 4 rings (SSSR count). The van der Waals surface area contributed by atoms with E-state index < -0.39 is 0 Å². The van der Waals surface area contributed by atoms with Gasteiger partial charge in [0, 0.05) is 56.3 Å². The zero-order valence-corrected chi connectivity index (χ0v) is 19.9. The summed E-state index contributed by atoms with van der Waals surface area (Å²) in [5.74, 6) is 2.59. The maximum absolute atomic E-state index is 13.3. The number of carbonyl (C=O) groups is 1. The second-order valence-corrected chi connectivity index (χ2v) is 8.27. The standard InChI is InChI=1S/C26H31N3O5/c1-4-19-9-10-20(34-19)17-28-12-11-21-25(23(33-3)15-24(30)29(21)14-13-28)26(31)27-16-18-7-5-6-8-22(18)32-2/h5-10,15H,4,11-14,16-17H2,1-3H3,(H,27,31). The van der Waals surface area contributed by atoms with Crippen molar-refractivity contribution in [2.24, 2.45) is 0 Å². The van der Waals surface area contributed by atoms with Crippen LogP contribution < -0.4 is 20.3 Å². The van der Waals surface area contributed by atoms with Gasteiger partial charge in [-0.25, -0.2) is 0 Å². The Morgan fingerprint density at radius 2 is 1.79 bits per heavy atom. The minimum absolute atomic E-state index is 0.166. The number of nitrogens with zero attached hydrogens (tertiary/aromatic N) is 2. The molecule has 0 atom stereocenters. The van der Waals surface area contributed by atoms with Crippen molar-refractivity contribution in [2.45, 2.75) is 39.4 Å². The number of furan rings is 1. The number of pyridine rings is 1. The molecule has 0 bridgehead atoms. The Labute approximate surface area is 199 Å². The fraction of sp³-hybridized carbons (Fsp3) is 0.385. The molecule has 0 fully saturated rings. The average molecular weight is 466 g/mol. The summed E-state index contributed by atoms with van der Waals surface area (Å²) in [7, 11) is 3.08. The highest BCUT2D eigenvalue weighted by Crippen LogP contribution is 2.24. The molecule has 180 valence electrons. The number of rotatable bonds is 8. The summed E-state index contributed by atoms with van der Waals surface area (Å²) in [5, 5.41) is 2.97. The van der Waals surface area contributed by atoms with Crippen molar-refractivity contribution in [3.8, 4) is 11.5 Å². The molecule has 1 aliphatic rings. The SMILES string of the molecule is CCc1ccc(CN2CCc3c(C(=O)NCc4ccccc4OC)c(OC)cc(=O)n3CC2)o1. The van der Waals surface area contributed by atoms with E-state index in [0.29, 0.717) is 61.9 Å². The number of hydrogen-bond donors (Lipinski definition) is 1. The predicted molar refractivity (Wildman–Crippen MR) is 128 cm³/mol. The van der Waals surface area contributed by atoms with Gasteiger partial charge in [-0.05, 0) is 18.2 Å². The first-order chi connectivity index (χ1) is 16.5. The monoisotopic (exact) mass is 465 g/mol. The highest BCUT2D eigenvalue weighted by molar-refractivity contribution is 5.98. The summed E-state index contributed by atoms with van der Waals surface area (Å²) < 4.78 is 18.4. The lowest BCUT2D eigenvalue weighted by Crippen LogP contribution is -2.31. The van der Waals surface area contributed by atoms with Crippen LogP contribution in [0, 0.1) is 0 Å². The van der Waals surface area contributed by atoms with E-state index in [2.05, 4.69) is 17.1 Å². The zero-order valence-electron chi connectivity index (χ0n) is 19.9. The minimum Gasteiger partial charge on any atom is -0.496 e. The van der Waals surface area contributed by atoms with Crippen LogP contribution in [0.3, 0.4) is 0 Å². The molecule has 0 unspecified atom stereocenters. The molecule has 34 heavy (non-hydrogen) atoms. The number of aryl methyl sites for hydroxylation is 1. The van der Waals surface area contributed by atoms with E-state index in [0.717, 1.165) is 23.5 Å². The van der Waals surface area contributed by atoms with Crippen LogP contribution in [-0.4, -0.2) is 42.7 Å². The van der Waals surface area contributed by atoms with E-state index in [-0.39, 0.29) is 11.5 Å². The lowest BCUT2D eigenvalue weighted by molar-refractivity contribution is 0.0945.